The molecule has 1 fully saturated rings. The van der Waals surface area contributed by atoms with Gasteiger partial charge in [-0.05, 0) is 19.1 Å². The van der Waals surface area contributed by atoms with Gasteiger partial charge in [-0.3, -0.25) is 19.8 Å². The van der Waals surface area contributed by atoms with E-state index < -0.39 is 5.91 Å². The molecule has 6 heteroatoms. The largest absolute Gasteiger partial charge is 0.312 e. The summed E-state index contributed by atoms with van der Waals surface area (Å²) in [5, 5.41) is 6.02. The summed E-state index contributed by atoms with van der Waals surface area (Å²) in [4.78, 5) is 25.8. The summed E-state index contributed by atoms with van der Waals surface area (Å²) in [6, 6.07) is 7.03. The molecule has 0 radical (unpaired) electrons. The first-order valence-corrected chi connectivity index (χ1v) is 6.98. The molecule has 1 heterocycles. The van der Waals surface area contributed by atoms with Gasteiger partial charge < -0.3 is 5.32 Å². The van der Waals surface area contributed by atoms with E-state index in [1.165, 1.54) is 0 Å². The Balaban J connectivity index is 1.88. The van der Waals surface area contributed by atoms with E-state index in [2.05, 4.69) is 17.6 Å². The Labute approximate surface area is 123 Å². The number of piperazine rings is 1. The molecule has 0 aromatic heterocycles. The van der Waals surface area contributed by atoms with Gasteiger partial charge in [-0.15, -0.1) is 0 Å². The molecule has 0 saturated carbocycles. The van der Waals surface area contributed by atoms with Crippen LogP contribution in [0.4, 0.5) is 0 Å². The van der Waals surface area contributed by atoms with E-state index in [0.29, 0.717) is 16.6 Å². The van der Waals surface area contributed by atoms with Gasteiger partial charge in [0.2, 0.25) is 5.91 Å². The minimum absolute atomic E-state index is 0.224. The fourth-order valence-corrected chi connectivity index (χ4v) is 2.46. The molecule has 1 saturated heterocycles. The number of carbonyl (C=O) groups is 2. The number of hydrogen-bond donors (Lipinski definition) is 2. The fourth-order valence-electron chi connectivity index (χ4n) is 2.24. The number of amides is 2. The van der Waals surface area contributed by atoms with Gasteiger partial charge in [0.25, 0.3) is 5.91 Å². The third-order valence-electron chi connectivity index (χ3n) is 3.19. The van der Waals surface area contributed by atoms with Crippen molar-refractivity contribution in [1.29, 1.82) is 0 Å². The predicted octanol–water partition coefficient (Wildman–Crippen LogP) is 0.890. The summed E-state index contributed by atoms with van der Waals surface area (Å²) in [7, 11) is 0. The van der Waals surface area contributed by atoms with Crippen LogP contribution in [0.15, 0.2) is 24.3 Å². The summed E-state index contributed by atoms with van der Waals surface area (Å²) in [6.07, 6.45) is 0. The second-order valence-electron chi connectivity index (χ2n) is 4.95. The number of carbonyl (C=O) groups excluding carboxylic acids is 2. The molecule has 1 aliphatic heterocycles. The highest BCUT2D eigenvalue weighted by Gasteiger charge is 2.19. The molecule has 2 N–H and O–H groups in total. The lowest BCUT2D eigenvalue weighted by atomic mass is 10.2. The standard InChI is InChI=1S/C14H18ClN3O2/c1-10-8-18(7-6-16-10)9-13(19)17-14(20)11-4-2-3-5-12(11)15/h2-5,10,16H,6-9H2,1H3,(H,17,19,20)/t10-/m0/s1. The normalized spacial score (nSPS) is 19.6. The molecule has 2 rings (SSSR count). The van der Waals surface area contributed by atoms with Crippen molar-refractivity contribution in [2.45, 2.75) is 13.0 Å². The van der Waals surface area contributed by atoms with Crippen molar-refractivity contribution in [3.8, 4) is 0 Å². The van der Waals surface area contributed by atoms with E-state index in [1.807, 2.05) is 4.90 Å². The van der Waals surface area contributed by atoms with Crippen LogP contribution in [0.1, 0.15) is 17.3 Å². The third-order valence-corrected chi connectivity index (χ3v) is 3.52. The topological polar surface area (TPSA) is 61.4 Å². The Morgan fingerprint density at radius 3 is 2.90 bits per heavy atom. The van der Waals surface area contributed by atoms with E-state index >= 15 is 0 Å². The number of hydrogen-bond acceptors (Lipinski definition) is 4. The zero-order valence-electron chi connectivity index (χ0n) is 11.4. The highest BCUT2D eigenvalue weighted by Crippen LogP contribution is 2.14. The van der Waals surface area contributed by atoms with E-state index in [9.17, 15) is 9.59 Å². The lowest BCUT2D eigenvalue weighted by Gasteiger charge is -2.31. The zero-order valence-corrected chi connectivity index (χ0v) is 12.1. The van der Waals surface area contributed by atoms with Crippen LogP contribution in [-0.4, -0.2) is 48.9 Å². The number of benzene rings is 1. The molecule has 1 aliphatic rings. The minimum Gasteiger partial charge on any atom is -0.312 e. The molecule has 5 nitrogen and oxygen atoms in total. The van der Waals surface area contributed by atoms with Gasteiger partial charge in [-0.2, -0.15) is 0 Å². The highest BCUT2D eigenvalue weighted by atomic mass is 35.5. The predicted molar refractivity (Wildman–Crippen MR) is 77.8 cm³/mol. The number of nitrogens with one attached hydrogen (secondary N) is 2. The SMILES string of the molecule is C[C@H]1CN(CC(=O)NC(=O)c2ccccc2Cl)CCN1. The van der Waals surface area contributed by atoms with E-state index in [-0.39, 0.29) is 12.5 Å². The maximum absolute atomic E-state index is 11.9. The molecule has 1 aromatic carbocycles. The van der Waals surface area contributed by atoms with Crippen molar-refractivity contribution in [1.82, 2.24) is 15.5 Å². The summed E-state index contributed by atoms with van der Waals surface area (Å²) in [5.41, 5.74) is 0.316. The molecule has 20 heavy (non-hydrogen) atoms. The smallest absolute Gasteiger partial charge is 0.259 e. The molecule has 0 aliphatic carbocycles. The van der Waals surface area contributed by atoms with E-state index in [0.717, 1.165) is 19.6 Å². The molecule has 0 bridgehead atoms. The quantitative estimate of drug-likeness (QED) is 0.869. The van der Waals surface area contributed by atoms with Gasteiger partial charge >= 0.3 is 0 Å². The summed E-state index contributed by atoms with van der Waals surface area (Å²) >= 11 is 5.92. The lowest BCUT2D eigenvalue weighted by Crippen LogP contribution is -2.52. The molecule has 1 atom stereocenters. The lowest BCUT2D eigenvalue weighted by molar-refractivity contribution is -0.121. The molecule has 108 valence electrons. The third kappa shape index (κ3) is 4.03. The van der Waals surface area contributed by atoms with Crippen molar-refractivity contribution in [2.24, 2.45) is 0 Å². The van der Waals surface area contributed by atoms with Gasteiger partial charge in [0.05, 0.1) is 17.1 Å². The number of nitrogens with zero attached hydrogens (tertiary/aromatic N) is 1. The van der Waals surface area contributed by atoms with Crippen molar-refractivity contribution < 1.29 is 9.59 Å². The van der Waals surface area contributed by atoms with Gasteiger partial charge in [0.15, 0.2) is 0 Å². The van der Waals surface area contributed by atoms with Crippen LogP contribution in [0.3, 0.4) is 0 Å². The molecule has 1 aromatic rings. The summed E-state index contributed by atoms with van der Waals surface area (Å²) < 4.78 is 0. The van der Waals surface area contributed by atoms with Crippen LogP contribution >= 0.6 is 11.6 Å². The van der Waals surface area contributed by atoms with E-state index in [1.54, 1.807) is 24.3 Å². The zero-order chi connectivity index (χ0) is 14.5. The molecule has 0 unspecified atom stereocenters. The average molecular weight is 296 g/mol. The average Bonchev–Trinajstić information content (AvgIpc) is 2.38. The second-order valence-corrected chi connectivity index (χ2v) is 5.35. The Kier molecular flexibility index (Phi) is 5.11. The van der Waals surface area contributed by atoms with Crippen molar-refractivity contribution in [3.05, 3.63) is 34.9 Å². The molecular weight excluding hydrogens is 278 g/mol. The first kappa shape index (κ1) is 15.0. The maximum atomic E-state index is 11.9. The Hall–Kier alpha value is -1.43. The summed E-state index contributed by atoms with van der Waals surface area (Å²) in [6.45, 7) is 4.75. The highest BCUT2D eigenvalue weighted by molar-refractivity contribution is 6.34. The second kappa shape index (κ2) is 6.83. The fraction of sp³-hybridized carbons (Fsp3) is 0.429. The van der Waals surface area contributed by atoms with E-state index in [4.69, 9.17) is 11.6 Å². The van der Waals surface area contributed by atoms with Crippen LogP contribution in [0, 0.1) is 0 Å². The van der Waals surface area contributed by atoms with Crippen LogP contribution in [0.25, 0.3) is 0 Å². The van der Waals surface area contributed by atoms with Crippen molar-refractivity contribution in [2.75, 3.05) is 26.2 Å². The molecule has 2 amide bonds. The Morgan fingerprint density at radius 1 is 1.45 bits per heavy atom. The van der Waals surface area contributed by atoms with Crippen LogP contribution in [0.2, 0.25) is 5.02 Å². The first-order chi connectivity index (χ1) is 9.56. The van der Waals surface area contributed by atoms with Gasteiger partial charge in [-0.1, -0.05) is 23.7 Å². The van der Waals surface area contributed by atoms with Crippen molar-refractivity contribution in [3.63, 3.8) is 0 Å². The van der Waals surface area contributed by atoms with Crippen LogP contribution in [-0.2, 0) is 4.79 Å². The first-order valence-electron chi connectivity index (χ1n) is 6.60. The van der Waals surface area contributed by atoms with Crippen LogP contribution < -0.4 is 10.6 Å². The molecular formula is C14H18ClN3O2. The van der Waals surface area contributed by atoms with Gasteiger partial charge in [-0.25, -0.2) is 0 Å². The van der Waals surface area contributed by atoms with Gasteiger partial charge in [0, 0.05) is 25.7 Å². The Bertz CT molecular complexity index is 507. The van der Waals surface area contributed by atoms with Crippen LogP contribution in [0.5, 0.6) is 0 Å². The summed E-state index contributed by atoms with van der Waals surface area (Å²) in [5.74, 6) is -0.757. The van der Waals surface area contributed by atoms with Crippen molar-refractivity contribution >= 4 is 23.4 Å². The number of rotatable bonds is 3. The Morgan fingerprint density at radius 2 is 2.20 bits per heavy atom. The number of halogens is 1. The minimum atomic E-state index is -0.455. The van der Waals surface area contributed by atoms with Gasteiger partial charge in [0.1, 0.15) is 0 Å². The monoisotopic (exact) mass is 295 g/mol. The molecule has 0 spiro atoms. The maximum Gasteiger partial charge on any atom is 0.259 e. The number of imide groups is 1.